The van der Waals surface area contributed by atoms with Crippen LogP contribution >= 0.6 is 11.3 Å². The van der Waals surface area contributed by atoms with Gasteiger partial charge in [0.1, 0.15) is 0 Å². The Morgan fingerprint density at radius 3 is 2.69 bits per heavy atom. The van der Waals surface area contributed by atoms with Gasteiger partial charge in [-0.05, 0) is 24.6 Å². The minimum atomic E-state index is 0.834. The average molecular weight is 235 g/mol. The fourth-order valence-electron chi connectivity index (χ4n) is 1.58. The summed E-state index contributed by atoms with van der Waals surface area (Å²) < 4.78 is 1.83. The first-order valence-electron chi connectivity index (χ1n) is 5.54. The number of rotatable bonds is 5. The van der Waals surface area contributed by atoms with Gasteiger partial charge in [-0.15, -0.1) is 11.3 Å². The summed E-state index contributed by atoms with van der Waals surface area (Å²) in [4.78, 5) is 2.85. The lowest BCUT2D eigenvalue weighted by atomic mass is 10.3. The Morgan fingerprint density at radius 2 is 2.06 bits per heavy atom. The highest BCUT2D eigenvalue weighted by Crippen LogP contribution is 2.16. The Balaban J connectivity index is 1.79. The van der Waals surface area contributed by atoms with Crippen molar-refractivity contribution in [2.75, 3.05) is 0 Å². The van der Waals surface area contributed by atoms with Crippen molar-refractivity contribution in [3.63, 3.8) is 0 Å². The van der Waals surface area contributed by atoms with Gasteiger partial charge in [0.25, 0.3) is 0 Å². The second kappa shape index (κ2) is 5.27. The molecule has 0 aromatic carbocycles. The topological polar surface area (TPSA) is 29.9 Å². The maximum Gasteiger partial charge on any atom is 0.0762 e. The maximum atomic E-state index is 4.32. The molecule has 2 aromatic heterocycles. The number of hydrogen-bond donors (Lipinski definition) is 1. The molecule has 0 fully saturated rings. The number of nitrogens with zero attached hydrogens (tertiary/aromatic N) is 2. The Hall–Kier alpha value is -1.13. The molecule has 3 nitrogen and oxygen atoms in total. The number of aromatic nitrogens is 2. The minimum absolute atomic E-state index is 0.834. The summed E-state index contributed by atoms with van der Waals surface area (Å²) in [7, 11) is 1.94. The lowest BCUT2D eigenvalue weighted by Gasteiger charge is -1.99. The van der Waals surface area contributed by atoms with E-state index in [9.17, 15) is 0 Å². The van der Waals surface area contributed by atoms with E-state index in [-0.39, 0.29) is 0 Å². The summed E-state index contributed by atoms with van der Waals surface area (Å²) in [5, 5.41) is 7.72. The zero-order chi connectivity index (χ0) is 11.4. The van der Waals surface area contributed by atoms with Crippen molar-refractivity contribution in [1.29, 1.82) is 0 Å². The van der Waals surface area contributed by atoms with Gasteiger partial charge >= 0.3 is 0 Å². The molecule has 0 atom stereocenters. The maximum absolute atomic E-state index is 4.32. The first kappa shape index (κ1) is 11.4. The quantitative estimate of drug-likeness (QED) is 0.862. The minimum Gasteiger partial charge on any atom is -0.306 e. The predicted molar refractivity (Wildman–Crippen MR) is 67.4 cm³/mol. The van der Waals surface area contributed by atoms with Gasteiger partial charge in [-0.25, -0.2) is 0 Å². The van der Waals surface area contributed by atoms with E-state index in [1.165, 1.54) is 9.75 Å². The Bertz CT molecular complexity index is 445. The van der Waals surface area contributed by atoms with E-state index >= 15 is 0 Å². The van der Waals surface area contributed by atoms with Crippen LogP contribution in [0.4, 0.5) is 0 Å². The standard InChI is InChI=1S/C12H17N3S/c1-3-11-4-5-12(16-11)9-13-8-10-6-7-15(2)14-10/h4-7,13H,3,8-9H2,1-2H3. The molecular formula is C12H17N3S. The predicted octanol–water partition coefficient (Wildman–Crippen LogP) is 2.33. The number of thiophene rings is 1. The van der Waals surface area contributed by atoms with E-state index in [2.05, 4.69) is 29.5 Å². The van der Waals surface area contributed by atoms with E-state index in [0.717, 1.165) is 25.2 Å². The molecule has 2 rings (SSSR count). The zero-order valence-electron chi connectivity index (χ0n) is 9.73. The van der Waals surface area contributed by atoms with Crippen LogP contribution in [0, 0.1) is 0 Å². The van der Waals surface area contributed by atoms with Gasteiger partial charge in [-0.3, -0.25) is 4.68 Å². The molecule has 0 amide bonds. The summed E-state index contributed by atoms with van der Waals surface area (Å²) in [6.45, 7) is 3.96. The van der Waals surface area contributed by atoms with Crippen LogP contribution in [0.2, 0.25) is 0 Å². The van der Waals surface area contributed by atoms with Crippen LogP contribution < -0.4 is 5.32 Å². The van der Waals surface area contributed by atoms with Crippen LogP contribution in [0.5, 0.6) is 0 Å². The van der Waals surface area contributed by atoms with Crippen molar-refractivity contribution in [3.8, 4) is 0 Å². The normalized spacial score (nSPS) is 10.9. The number of hydrogen-bond acceptors (Lipinski definition) is 3. The molecule has 0 saturated carbocycles. The summed E-state index contributed by atoms with van der Waals surface area (Å²) in [5.74, 6) is 0. The molecule has 4 heteroatoms. The molecule has 0 spiro atoms. The van der Waals surface area contributed by atoms with Crippen LogP contribution in [-0.2, 0) is 26.6 Å². The van der Waals surface area contributed by atoms with Gasteiger partial charge in [-0.1, -0.05) is 6.92 Å². The Morgan fingerprint density at radius 1 is 1.25 bits per heavy atom. The van der Waals surface area contributed by atoms with Crippen LogP contribution in [0.1, 0.15) is 22.4 Å². The van der Waals surface area contributed by atoms with Crippen molar-refractivity contribution in [1.82, 2.24) is 15.1 Å². The monoisotopic (exact) mass is 235 g/mol. The fourth-order valence-corrected chi connectivity index (χ4v) is 2.51. The largest absolute Gasteiger partial charge is 0.306 e. The van der Waals surface area contributed by atoms with Gasteiger partial charge in [0.2, 0.25) is 0 Å². The fraction of sp³-hybridized carbons (Fsp3) is 0.417. The molecule has 16 heavy (non-hydrogen) atoms. The number of aryl methyl sites for hydroxylation is 2. The Labute approximate surface area is 100 Å². The Kier molecular flexibility index (Phi) is 3.74. The molecule has 0 aliphatic rings. The highest BCUT2D eigenvalue weighted by Gasteiger charge is 1.99. The van der Waals surface area contributed by atoms with E-state index in [0.29, 0.717) is 0 Å². The molecule has 0 aliphatic heterocycles. The van der Waals surface area contributed by atoms with Crippen LogP contribution in [0.3, 0.4) is 0 Å². The molecule has 86 valence electrons. The van der Waals surface area contributed by atoms with E-state index < -0.39 is 0 Å². The SMILES string of the molecule is CCc1ccc(CNCc2ccn(C)n2)s1. The van der Waals surface area contributed by atoms with Crippen molar-refractivity contribution >= 4 is 11.3 Å². The molecule has 2 heterocycles. The summed E-state index contributed by atoms with van der Waals surface area (Å²) in [6.07, 6.45) is 3.10. The van der Waals surface area contributed by atoms with Crippen LogP contribution in [0.15, 0.2) is 24.4 Å². The molecule has 2 aromatic rings. The molecule has 1 N–H and O–H groups in total. The van der Waals surface area contributed by atoms with Crippen molar-refractivity contribution < 1.29 is 0 Å². The second-order valence-corrected chi connectivity index (χ2v) is 5.06. The van der Waals surface area contributed by atoms with Gasteiger partial charge in [0, 0.05) is 36.1 Å². The van der Waals surface area contributed by atoms with Crippen molar-refractivity contribution in [2.24, 2.45) is 7.05 Å². The van der Waals surface area contributed by atoms with Gasteiger partial charge in [-0.2, -0.15) is 5.10 Å². The molecule has 0 aliphatic carbocycles. The van der Waals surface area contributed by atoms with Crippen LogP contribution in [-0.4, -0.2) is 9.78 Å². The molecule has 0 saturated heterocycles. The third kappa shape index (κ3) is 2.93. The molecule has 0 unspecified atom stereocenters. The summed E-state index contributed by atoms with van der Waals surface area (Å²) in [6, 6.07) is 6.45. The van der Waals surface area contributed by atoms with E-state index in [1.54, 1.807) is 0 Å². The van der Waals surface area contributed by atoms with Gasteiger partial charge < -0.3 is 5.32 Å². The van der Waals surface area contributed by atoms with Crippen molar-refractivity contribution in [3.05, 3.63) is 39.8 Å². The summed E-state index contributed by atoms with van der Waals surface area (Å²) >= 11 is 1.89. The van der Waals surface area contributed by atoms with Crippen LogP contribution in [0.25, 0.3) is 0 Å². The van der Waals surface area contributed by atoms with Gasteiger partial charge in [0.15, 0.2) is 0 Å². The number of nitrogens with one attached hydrogen (secondary N) is 1. The summed E-state index contributed by atoms with van der Waals surface area (Å²) in [5.41, 5.74) is 1.09. The lowest BCUT2D eigenvalue weighted by molar-refractivity contribution is 0.661. The van der Waals surface area contributed by atoms with E-state index in [4.69, 9.17) is 0 Å². The third-order valence-electron chi connectivity index (χ3n) is 2.44. The highest BCUT2D eigenvalue weighted by molar-refractivity contribution is 7.11. The smallest absolute Gasteiger partial charge is 0.0762 e. The molecule has 0 bridgehead atoms. The third-order valence-corrected chi connectivity index (χ3v) is 3.67. The van der Waals surface area contributed by atoms with E-state index in [1.807, 2.05) is 35.3 Å². The van der Waals surface area contributed by atoms with Crippen molar-refractivity contribution in [2.45, 2.75) is 26.4 Å². The second-order valence-electron chi connectivity index (χ2n) is 3.81. The zero-order valence-corrected chi connectivity index (χ0v) is 10.5. The average Bonchev–Trinajstić information content (AvgIpc) is 2.88. The molecular weight excluding hydrogens is 218 g/mol. The molecule has 0 radical (unpaired) electrons. The first-order chi connectivity index (χ1) is 7.78. The lowest BCUT2D eigenvalue weighted by Crippen LogP contribution is -2.12. The highest BCUT2D eigenvalue weighted by atomic mass is 32.1. The van der Waals surface area contributed by atoms with Gasteiger partial charge in [0.05, 0.1) is 5.69 Å². The first-order valence-corrected chi connectivity index (χ1v) is 6.36.